The molecule has 0 N–H and O–H groups in total. The van der Waals surface area contributed by atoms with Crippen molar-refractivity contribution in [3.8, 4) is 33.7 Å². The summed E-state index contributed by atoms with van der Waals surface area (Å²) in [4.78, 5) is 7.35. The number of nitrogens with zero attached hydrogens (tertiary/aromatic N) is 2. The molecule has 276 valence electrons. The van der Waals surface area contributed by atoms with Crippen molar-refractivity contribution < 1.29 is 4.42 Å². The highest BCUT2D eigenvalue weighted by Crippen LogP contribution is 2.45. The largest absolute Gasteiger partial charge is 0.435 e. The second-order valence-corrected chi connectivity index (χ2v) is 16.1. The number of benzene rings is 10. The van der Waals surface area contributed by atoms with Crippen LogP contribution in [0.1, 0.15) is 0 Å². The third-order valence-electron chi connectivity index (χ3n) is 11.7. The Morgan fingerprint density at radius 1 is 0.407 bits per heavy atom. The fraction of sp³-hybridized carbons (Fsp3) is 0. The Labute approximate surface area is 344 Å². The number of thiophene rings is 1. The Kier molecular flexibility index (Phi) is 7.72. The van der Waals surface area contributed by atoms with E-state index in [1.807, 2.05) is 41.7 Å². The summed E-state index contributed by atoms with van der Waals surface area (Å²) in [6.45, 7) is 0. The molecule has 0 saturated carbocycles. The number of anilines is 3. The van der Waals surface area contributed by atoms with Crippen LogP contribution in [0.5, 0.6) is 0 Å². The number of oxazole rings is 1. The first kappa shape index (κ1) is 33.6. The molecule has 4 heteroatoms. The minimum atomic E-state index is 0.628. The molecule has 2 aromatic heterocycles. The lowest BCUT2D eigenvalue weighted by Crippen LogP contribution is -2.10. The van der Waals surface area contributed by atoms with Gasteiger partial charge >= 0.3 is 0 Å². The summed E-state index contributed by atoms with van der Waals surface area (Å²) >= 11 is 1.87. The zero-order valence-corrected chi connectivity index (χ0v) is 32.7. The average molecular weight is 771 g/mol. The Morgan fingerprint density at radius 3 is 1.78 bits per heavy atom. The Hall–Kier alpha value is -7.53. The molecule has 0 saturated heterocycles. The summed E-state index contributed by atoms with van der Waals surface area (Å²) in [5.41, 5.74) is 10.7. The Balaban J connectivity index is 1.05. The number of aromatic nitrogens is 1. The van der Waals surface area contributed by atoms with Gasteiger partial charge in [0, 0.05) is 53.3 Å². The topological polar surface area (TPSA) is 29.3 Å². The van der Waals surface area contributed by atoms with Crippen molar-refractivity contribution in [1.29, 1.82) is 0 Å². The first-order valence-corrected chi connectivity index (χ1v) is 20.8. The highest BCUT2D eigenvalue weighted by Gasteiger charge is 2.20. The van der Waals surface area contributed by atoms with Gasteiger partial charge in [0.1, 0.15) is 5.52 Å². The average Bonchev–Trinajstić information content (AvgIpc) is 3.93. The molecule has 0 spiro atoms. The van der Waals surface area contributed by atoms with Gasteiger partial charge in [0.2, 0.25) is 5.89 Å². The summed E-state index contributed by atoms with van der Waals surface area (Å²) in [6, 6.07) is 74.0. The van der Waals surface area contributed by atoms with Gasteiger partial charge in [0.25, 0.3) is 0 Å². The second-order valence-electron chi connectivity index (χ2n) is 15.1. The molecule has 0 aliphatic carbocycles. The Morgan fingerprint density at radius 2 is 1.00 bits per heavy atom. The van der Waals surface area contributed by atoms with E-state index >= 15 is 0 Å². The van der Waals surface area contributed by atoms with E-state index in [0.29, 0.717) is 5.89 Å². The van der Waals surface area contributed by atoms with Gasteiger partial charge in [0.15, 0.2) is 5.58 Å². The maximum atomic E-state index is 6.66. The third kappa shape index (κ3) is 5.53. The van der Waals surface area contributed by atoms with Gasteiger partial charge in [0.05, 0.1) is 5.69 Å². The molecule has 0 atom stereocenters. The normalized spacial score (nSPS) is 11.7. The fourth-order valence-electron chi connectivity index (χ4n) is 8.88. The highest BCUT2D eigenvalue weighted by atomic mass is 32.1. The minimum Gasteiger partial charge on any atom is -0.435 e. The summed E-state index contributed by atoms with van der Waals surface area (Å²) in [5.74, 6) is 0.628. The molecule has 0 aliphatic heterocycles. The minimum absolute atomic E-state index is 0.628. The van der Waals surface area contributed by atoms with Gasteiger partial charge in [-0.05, 0) is 93.0 Å². The van der Waals surface area contributed by atoms with Crippen LogP contribution < -0.4 is 4.90 Å². The molecule has 10 aromatic carbocycles. The van der Waals surface area contributed by atoms with E-state index in [4.69, 9.17) is 9.40 Å². The highest BCUT2D eigenvalue weighted by molar-refractivity contribution is 7.26. The second kappa shape index (κ2) is 13.6. The zero-order chi connectivity index (χ0) is 38.9. The van der Waals surface area contributed by atoms with Gasteiger partial charge in [-0.3, -0.25) is 0 Å². The predicted octanol–water partition coefficient (Wildman–Crippen LogP) is 16.1. The first-order valence-electron chi connectivity index (χ1n) is 19.9. The van der Waals surface area contributed by atoms with Crippen molar-refractivity contribution in [2.45, 2.75) is 0 Å². The zero-order valence-electron chi connectivity index (χ0n) is 31.8. The lowest BCUT2D eigenvalue weighted by atomic mass is 9.94. The number of hydrogen-bond donors (Lipinski definition) is 0. The molecule has 0 amide bonds. The van der Waals surface area contributed by atoms with Crippen molar-refractivity contribution in [2.24, 2.45) is 0 Å². The van der Waals surface area contributed by atoms with E-state index in [1.165, 1.54) is 42.4 Å². The molecular weight excluding hydrogens is 737 g/mol. The lowest BCUT2D eigenvalue weighted by Gasteiger charge is -2.27. The van der Waals surface area contributed by atoms with Crippen LogP contribution in [-0.2, 0) is 0 Å². The van der Waals surface area contributed by atoms with Crippen LogP contribution in [-0.4, -0.2) is 4.98 Å². The van der Waals surface area contributed by atoms with E-state index in [0.717, 1.165) is 66.0 Å². The van der Waals surface area contributed by atoms with Crippen molar-refractivity contribution in [3.63, 3.8) is 0 Å². The molecule has 59 heavy (non-hydrogen) atoms. The summed E-state index contributed by atoms with van der Waals surface area (Å²) in [5, 5.41) is 9.45. The standard InChI is InChI=1S/C55H34N2OS/c1-3-11-35(12-4-1)36-23-29-41(30-24-36)57(42-31-25-37(26-32-42)43-16-9-18-47-45-15-7-8-20-50(45)59-54(43)47)49-19-10-17-46-44(49)33-27-38-21-22-39-28-34-48-53(52(39)51(38)46)58-55(56-48)40-13-5-2-6-14-40/h1-34H. The van der Waals surface area contributed by atoms with Gasteiger partial charge in [-0.1, -0.05) is 152 Å². The van der Waals surface area contributed by atoms with E-state index in [2.05, 4.69) is 181 Å². The molecule has 12 rings (SSSR count). The van der Waals surface area contributed by atoms with Gasteiger partial charge in [-0.25, -0.2) is 4.98 Å². The molecule has 0 aliphatic rings. The monoisotopic (exact) mass is 770 g/mol. The van der Waals surface area contributed by atoms with Crippen molar-refractivity contribution in [1.82, 2.24) is 4.98 Å². The van der Waals surface area contributed by atoms with Crippen LogP contribution >= 0.6 is 11.3 Å². The number of hydrogen-bond acceptors (Lipinski definition) is 4. The van der Waals surface area contributed by atoms with Gasteiger partial charge < -0.3 is 9.32 Å². The molecule has 0 unspecified atom stereocenters. The molecule has 0 radical (unpaired) electrons. The van der Waals surface area contributed by atoms with Crippen LogP contribution in [0.2, 0.25) is 0 Å². The molecule has 2 heterocycles. The lowest BCUT2D eigenvalue weighted by molar-refractivity contribution is 0.623. The smallest absolute Gasteiger partial charge is 0.227 e. The van der Waals surface area contributed by atoms with Gasteiger partial charge in [-0.2, -0.15) is 0 Å². The van der Waals surface area contributed by atoms with Crippen LogP contribution in [0, 0.1) is 0 Å². The van der Waals surface area contributed by atoms with E-state index in [1.54, 1.807) is 0 Å². The predicted molar refractivity (Wildman–Crippen MR) is 250 cm³/mol. The molecule has 3 nitrogen and oxygen atoms in total. The molecular formula is C55H34N2OS. The number of rotatable bonds is 6. The first-order chi connectivity index (χ1) is 29.2. The third-order valence-corrected chi connectivity index (χ3v) is 12.9. The maximum Gasteiger partial charge on any atom is 0.227 e. The molecule has 0 bridgehead atoms. The summed E-state index contributed by atoms with van der Waals surface area (Å²) in [6.07, 6.45) is 0. The fourth-order valence-corrected chi connectivity index (χ4v) is 10.1. The maximum absolute atomic E-state index is 6.66. The molecule has 12 aromatic rings. The van der Waals surface area contributed by atoms with Crippen molar-refractivity contribution in [2.75, 3.05) is 4.90 Å². The summed E-state index contributed by atoms with van der Waals surface area (Å²) in [7, 11) is 0. The van der Waals surface area contributed by atoms with E-state index < -0.39 is 0 Å². The number of fused-ring (bicyclic) bond motifs is 10. The van der Waals surface area contributed by atoms with Crippen LogP contribution in [0.25, 0.3) is 97.3 Å². The van der Waals surface area contributed by atoms with Gasteiger partial charge in [-0.15, -0.1) is 11.3 Å². The van der Waals surface area contributed by atoms with Crippen molar-refractivity contribution >= 4 is 92.0 Å². The van der Waals surface area contributed by atoms with E-state index in [-0.39, 0.29) is 0 Å². The van der Waals surface area contributed by atoms with E-state index in [9.17, 15) is 0 Å². The Bertz CT molecular complexity index is 3530. The van der Waals surface area contributed by atoms with Crippen LogP contribution in [0.4, 0.5) is 17.1 Å². The van der Waals surface area contributed by atoms with Crippen LogP contribution in [0.15, 0.2) is 211 Å². The van der Waals surface area contributed by atoms with Crippen molar-refractivity contribution in [3.05, 3.63) is 206 Å². The van der Waals surface area contributed by atoms with Crippen LogP contribution in [0.3, 0.4) is 0 Å². The summed E-state index contributed by atoms with van der Waals surface area (Å²) < 4.78 is 9.29. The molecule has 0 fully saturated rings. The quantitative estimate of drug-likeness (QED) is 0.158. The SMILES string of the molecule is c1ccc(-c2ccc(N(c3ccc(-c4cccc5c4sc4ccccc45)cc3)c3cccc4c3ccc3ccc5ccc6nc(-c7ccccc7)oc6c5c34)cc2)cc1.